The molecule has 0 radical (unpaired) electrons. The van der Waals surface area contributed by atoms with Crippen molar-refractivity contribution in [3.8, 4) is 22.3 Å². The molecule has 0 saturated heterocycles. The van der Waals surface area contributed by atoms with Gasteiger partial charge in [-0.3, -0.25) is 19.2 Å². The largest absolute Gasteiger partial charge is 0.416 e. The maximum Gasteiger partial charge on any atom is 0.416 e. The first-order chi connectivity index (χ1) is 57.9. The number of likely N-dealkylation sites (N-methyl/N-ethyl adjacent to an activating group) is 2. The van der Waals surface area contributed by atoms with E-state index in [9.17, 15) is 55.7 Å². The average molecular weight is 1390 g/mol. The van der Waals surface area contributed by atoms with Gasteiger partial charge >= 0.3 is 12.4 Å². The van der Waals surface area contributed by atoms with Crippen LogP contribution in [0.1, 0.15) is 146 Å². The molecule has 12 nitrogen and oxygen atoms in total. The Bertz CT molecular complexity index is 5650. The number of carbonyl (C=O) groups excluding carboxylic acids is 2. The summed E-state index contributed by atoms with van der Waals surface area (Å²) in [6, 6.07) is 7.54. The third-order valence-electron chi connectivity index (χ3n) is 14.2. The summed E-state index contributed by atoms with van der Waals surface area (Å²) < 4.78 is 390. The van der Waals surface area contributed by atoms with Crippen LogP contribution in [0.5, 0.6) is 0 Å². The summed E-state index contributed by atoms with van der Waals surface area (Å²) in [7, 11) is 0. The van der Waals surface area contributed by atoms with Crippen LogP contribution in [0.25, 0.3) is 22.3 Å². The van der Waals surface area contributed by atoms with E-state index in [2.05, 4.69) is 9.97 Å². The Balaban J connectivity index is 0.000000289. The predicted molar refractivity (Wildman–Crippen MR) is 362 cm³/mol. The molecule has 508 valence electrons. The van der Waals surface area contributed by atoms with Gasteiger partial charge in [-0.15, -0.1) is 0 Å². The van der Waals surface area contributed by atoms with E-state index in [1.165, 1.54) is 12.1 Å². The Labute approximate surface area is 608 Å². The molecule has 1 atom stereocenters. The number of amides is 2. The van der Waals surface area contributed by atoms with Gasteiger partial charge in [-0.25, -0.2) is 8.78 Å². The van der Waals surface area contributed by atoms with Gasteiger partial charge in [0.15, 0.2) is 10.3 Å². The van der Waals surface area contributed by atoms with Gasteiger partial charge in [-0.2, -0.15) is 36.3 Å². The standard InChI is InChI=1S/2C37H40F4N4O2S/c1-4-43(5-2)18-19-44(22-26-6-10-28(11-7-26)29-12-14-30(15-13-29)37(39,40)41)34(46)23-45-33-21-25(3)20-32(33)35(47)42-36(45)48-24-27-8-16-31(38)17-9-27;1-4-43(5-2)19-20-44(22-26-9-13-28(14-10-26)29-15-18-32(25(3)21-29)37(39,40)41)34(46)23-45-33-8-6-7-31(33)35(47)42-36(45)48-24-27-11-16-30(38)17-12-27/h6-17,25H,4-5,18-24H2,1-3H3;9-18,21H,4-8,19-20,22-24H2,1-3H3/i4D2,5D2,20D2,21D2,22D2,23D2,24D2,25D;4D2,5D2,9D,10D,13D,14D,15D,18D,21D,22D2,23D2,24D2. The van der Waals surface area contributed by atoms with Gasteiger partial charge in [-0.05, 0) is 163 Å². The van der Waals surface area contributed by atoms with Gasteiger partial charge in [0.05, 0.1) is 31.7 Å². The fourth-order valence-corrected chi connectivity index (χ4v) is 10.8. The fraction of sp³-hybridized carbons (Fsp3) is 0.378. The first kappa shape index (κ1) is 40.7. The van der Waals surface area contributed by atoms with Gasteiger partial charge in [0, 0.05) is 96.4 Å². The van der Waals surface area contributed by atoms with Crippen molar-refractivity contribution in [1.82, 2.24) is 38.7 Å². The van der Waals surface area contributed by atoms with Gasteiger partial charge in [0.2, 0.25) is 11.8 Å². The Kier molecular flexibility index (Phi) is 13.9. The van der Waals surface area contributed by atoms with Gasteiger partial charge in [-0.1, -0.05) is 155 Å². The molecule has 2 heterocycles. The Morgan fingerprint density at radius 3 is 1.52 bits per heavy atom. The maximum absolute atomic E-state index is 15.0. The number of hydrogen-bond donors (Lipinski definition) is 0. The first-order valence-corrected chi connectivity index (χ1v) is 30.6. The highest BCUT2D eigenvalue weighted by Gasteiger charge is 2.34. The van der Waals surface area contributed by atoms with Gasteiger partial charge in [0.25, 0.3) is 11.1 Å². The molecule has 0 bridgehead atoms. The molecule has 2 aliphatic carbocycles. The number of rotatable bonds is 26. The number of halogens is 8. The Morgan fingerprint density at radius 1 is 0.573 bits per heavy atom. The summed E-state index contributed by atoms with van der Waals surface area (Å²) in [4.78, 5) is 66.0. The Hall–Kier alpha value is -7.92. The normalized spacial score (nSPS) is 21.8. The van der Waals surface area contributed by atoms with Crippen LogP contribution in [-0.2, 0) is 84.9 Å². The van der Waals surface area contributed by atoms with Crippen LogP contribution in [0.3, 0.4) is 0 Å². The molecule has 8 aromatic rings. The van der Waals surface area contributed by atoms with Crippen LogP contribution in [0, 0.1) is 24.5 Å². The summed E-state index contributed by atoms with van der Waals surface area (Å²) in [5.74, 6) is -8.28. The second-order valence-electron chi connectivity index (χ2n) is 20.6. The summed E-state index contributed by atoms with van der Waals surface area (Å²) in [5, 5.41) is -1.83. The van der Waals surface area contributed by atoms with Crippen molar-refractivity contribution < 1.29 is 88.6 Å². The smallest absolute Gasteiger partial charge is 0.336 e. The van der Waals surface area contributed by atoms with E-state index >= 15 is 9.59 Å². The zero-order valence-corrected chi connectivity index (χ0v) is 53.4. The van der Waals surface area contributed by atoms with E-state index in [0.717, 1.165) is 126 Å². The molecule has 1 unspecified atom stereocenters. The van der Waals surface area contributed by atoms with Crippen molar-refractivity contribution in [2.24, 2.45) is 5.89 Å². The van der Waals surface area contributed by atoms with E-state index in [4.69, 9.17) is 32.9 Å². The van der Waals surface area contributed by atoms with E-state index in [1.54, 1.807) is 0 Å². The van der Waals surface area contributed by atoms with Crippen molar-refractivity contribution in [1.29, 1.82) is 0 Å². The van der Waals surface area contributed by atoms with Crippen molar-refractivity contribution >= 4 is 35.3 Å². The number of hydrogen-bond acceptors (Lipinski definition) is 10. The lowest BCUT2D eigenvalue weighted by molar-refractivity contribution is -0.138. The molecule has 2 aromatic heterocycles. The second-order valence-corrected chi connectivity index (χ2v) is 22.1. The molecular formula is C74H80F8N8O4S2. The molecule has 0 N–H and O–H groups in total. The van der Waals surface area contributed by atoms with E-state index in [0.29, 0.717) is 14.4 Å². The average Bonchev–Trinajstić information content (AvgIpc) is 1.52. The minimum atomic E-state index is -5.22. The summed E-state index contributed by atoms with van der Waals surface area (Å²) >= 11 is 0.0833. The van der Waals surface area contributed by atoms with Gasteiger partial charge < -0.3 is 28.7 Å². The molecular weight excluding hydrogens is 1280 g/mol. The number of carbonyl (C=O) groups is 2. The minimum absolute atomic E-state index is 0.0352. The highest BCUT2D eigenvalue weighted by Crippen LogP contribution is 2.36. The van der Waals surface area contributed by atoms with Crippen LogP contribution in [0.15, 0.2) is 159 Å². The lowest BCUT2D eigenvalue weighted by atomic mass is 9.98. The Morgan fingerprint density at radius 2 is 1.03 bits per heavy atom. The van der Waals surface area contributed by atoms with Crippen LogP contribution in [-0.4, -0.2) is 103 Å². The summed E-state index contributed by atoms with van der Waals surface area (Å²) in [5.41, 5.74) is -17.5. The SMILES string of the molecule is [2H]C([2H])(Sc1nc(=O)c2c(n1C([2H])([2H])C(=O)N(CCN(C([2H])([2H])C)C([2H])([2H])C)C([2H])([2H])c1ccc(-c3ccc(C(F)(F)F)cc3)cc1)C([2H])([2H])C([2H])(C)C2([2H])[2H])c1ccc(F)cc1.[2H]c1c([2H])c(C([2H])([2H])N(CCN(C([2H])([2H])C)C([2H])([2H])C)C(=O)C([2H])([2H])n2c(SC([2H])([2H])c3ccc(F)cc3)nc(=O)c3c2CCC3)c([2H])c([2H])c1-c1c([2H])c([2H])c(C(F)(F)F)c(C)c1[2H]. The molecule has 22 heteroatoms. The maximum atomic E-state index is 15.0. The molecule has 0 aliphatic heterocycles. The van der Waals surface area contributed by atoms with Crippen LogP contribution < -0.4 is 11.1 Å². The van der Waals surface area contributed by atoms with Crippen molar-refractivity contribution in [3.63, 3.8) is 0 Å². The summed E-state index contributed by atoms with van der Waals surface area (Å²) in [6.07, 6.45) is -16.3. The third-order valence-corrected chi connectivity index (χ3v) is 15.8. The van der Waals surface area contributed by atoms with Gasteiger partial charge in [0.1, 0.15) is 24.6 Å². The molecule has 0 fully saturated rings. The quantitative estimate of drug-likeness (QED) is 0.0295. The van der Waals surface area contributed by atoms with Crippen LogP contribution >= 0.6 is 23.5 Å². The molecule has 0 saturated carbocycles. The third kappa shape index (κ3) is 19.0. The minimum Gasteiger partial charge on any atom is -0.336 e. The number of fused-ring (bicyclic) bond motifs is 2. The van der Waals surface area contributed by atoms with E-state index < -0.39 is 258 Å². The highest BCUT2D eigenvalue weighted by atomic mass is 32.2. The molecule has 96 heavy (non-hydrogen) atoms. The zero-order valence-electron chi connectivity index (χ0n) is 83.7. The first-order valence-electron chi connectivity index (χ1n) is 44.9. The van der Waals surface area contributed by atoms with Crippen molar-refractivity contribution in [2.45, 2.75) is 134 Å². The monoisotopic (exact) mass is 1390 g/mol. The molecule has 2 aliphatic rings. The predicted octanol–water partition coefficient (Wildman–Crippen LogP) is 15.0. The van der Waals surface area contributed by atoms with Crippen LogP contribution in [0.4, 0.5) is 35.1 Å². The lowest BCUT2D eigenvalue weighted by Gasteiger charge is -2.28. The number of alkyl halides is 6. The molecule has 0 spiro atoms. The number of thioether (sulfide) groups is 2. The molecule has 6 aromatic carbocycles. The lowest BCUT2D eigenvalue weighted by Crippen LogP contribution is -2.40. The fourth-order valence-electron chi connectivity index (χ4n) is 9.34. The number of benzene rings is 6. The van der Waals surface area contributed by atoms with Crippen LogP contribution in [0.2, 0.25) is 0 Å². The molecule has 2 amide bonds. The second kappa shape index (κ2) is 32.9. The van der Waals surface area contributed by atoms with E-state index in [-0.39, 0.29) is 90.7 Å². The van der Waals surface area contributed by atoms with Crippen molar-refractivity contribution in [3.05, 3.63) is 233 Å². The topological polar surface area (TPSA) is 117 Å². The zero-order chi connectivity index (χ0) is 97.4. The molecule has 10 rings (SSSR count). The number of aromatic nitrogens is 4. The summed E-state index contributed by atoms with van der Waals surface area (Å²) in [6.45, 7) is -23.1. The van der Waals surface area contributed by atoms with Crippen molar-refractivity contribution in [2.75, 3.05) is 52.2 Å². The highest BCUT2D eigenvalue weighted by molar-refractivity contribution is 7.98. The van der Waals surface area contributed by atoms with E-state index in [1.807, 2.05) is 0 Å². The number of nitrogens with zero attached hydrogens (tertiary/aromatic N) is 8.